The van der Waals surface area contributed by atoms with E-state index in [1.165, 1.54) is 0 Å². The van der Waals surface area contributed by atoms with Gasteiger partial charge < -0.3 is 14.4 Å². The largest absolute Gasteiger partial charge is 0.348 e. The summed E-state index contributed by atoms with van der Waals surface area (Å²) in [4.78, 5) is 10.8. The Hall–Kier alpha value is -1.71. The van der Waals surface area contributed by atoms with Crippen LogP contribution in [0.3, 0.4) is 0 Å². The molecule has 0 N–H and O–H groups in total. The van der Waals surface area contributed by atoms with Crippen LogP contribution in [0.2, 0.25) is 0 Å². The minimum atomic E-state index is -0.345. The second kappa shape index (κ2) is 5.58. The number of hydrogen-bond donors (Lipinski definition) is 0. The smallest absolute Gasteiger partial charge is 0.226 e. The molecule has 0 aromatic carbocycles. The Balaban J connectivity index is 1.70. The van der Waals surface area contributed by atoms with Crippen molar-refractivity contribution in [2.24, 2.45) is 0 Å². The number of aromatic nitrogens is 2. The average molecular weight is 288 g/mol. The van der Waals surface area contributed by atoms with E-state index in [4.69, 9.17) is 14.7 Å². The first-order chi connectivity index (χ1) is 10.1. The van der Waals surface area contributed by atoms with Gasteiger partial charge in [0.1, 0.15) is 11.8 Å². The number of aryl methyl sites for hydroxylation is 1. The second-order valence-electron chi connectivity index (χ2n) is 5.76. The van der Waals surface area contributed by atoms with Gasteiger partial charge in [-0.2, -0.15) is 5.26 Å². The van der Waals surface area contributed by atoms with Gasteiger partial charge in [-0.05, 0) is 25.8 Å². The summed E-state index contributed by atoms with van der Waals surface area (Å²) < 4.78 is 11.5. The molecule has 3 rings (SSSR count). The van der Waals surface area contributed by atoms with Crippen molar-refractivity contribution in [3.8, 4) is 6.07 Å². The van der Waals surface area contributed by atoms with Gasteiger partial charge in [0.25, 0.3) is 0 Å². The minimum absolute atomic E-state index is 0.345. The molecule has 2 aliphatic rings. The Bertz CT molecular complexity index is 553. The van der Waals surface area contributed by atoms with E-state index in [0.717, 1.165) is 31.4 Å². The summed E-state index contributed by atoms with van der Waals surface area (Å²) in [7, 11) is 1.99. The maximum atomic E-state index is 9.03. The summed E-state index contributed by atoms with van der Waals surface area (Å²) >= 11 is 0. The zero-order valence-corrected chi connectivity index (χ0v) is 12.5. The Labute approximate surface area is 124 Å². The molecule has 0 unspecified atom stereocenters. The van der Waals surface area contributed by atoms with Crippen LogP contribution >= 0.6 is 0 Å². The van der Waals surface area contributed by atoms with Crippen LogP contribution in [0.1, 0.15) is 37.1 Å². The normalized spacial score (nSPS) is 21.4. The predicted octanol–water partition coefficient (Wildman–Crippen LogP) is 1.78. The molecular weight excluding hydrogens is 268 g/mol. The van der Waals surface area contributed by atoms with Crippen molar-refractivity contribution in [3.05, 3.63) is 17.5 Å². The fraction of sp³-hybridized carbons (Fsp3) is 0.667. The SMILES string of the molecule is Cc1cc(C#N)nc(N(C)C2CCC3(CC2)OCCO3)n1. The highest BCUT2D eigenvalue weighted by atomic mass is 16.7. The Kier molecular flexibility index (Phi) is 3.79. The topological polar surface area (TPSA) is 71.3 Å². The van der Waals surface area contributed by atoms with E-state index in [0.29, 0.717) is 30.9 Å². The summed E-state index contributed by atoms with van der Waals surface area (Å²) in [6, 6.07) is 4.15. The molecular formula is C15H20N4O2. The van der Waals surface area contributed by atoms with Crippen LogP contribution in [0.5, 0.6) is 0 Å². The van der Waals surface area contributed by atoms with Crippen LogP contribution < -0.4 is 4.90 Å². The molecule has 1 spiro atoms. The van der Waals surface area contributed by atoms with Gasteiger partial charge in [0, 0.05) is 31.6 Å². The lowest BCUT2D eigenvalue weighted by atomic mass is 9.89. The molecule has 2 heterocycles. The molecule has 1 aliphatic carbocycles. The highest BCUT2D eigenvalue weighted by molar-refractivity contribution is 5.36. The molecule has 1 aliphatic heterocycles. The molecule has 6 nitrogen and oxygen atoms in total. The first-order valence-electron chi connectivity index (χ1n) is 7.38. The van der Waals surface area contributed by atoms with Crippen molar-refractivity contribution in [2.45, 2.75) is 44.4 Å². The van der Waals surface area contributed by atoms with Gasteiger partial charge in [-0.3, -0.25) is 0 Å². The molecule has 1 aromatic heterocycles. The molecule has 112 valence electrons. The van der Waals surface area contributed by atoms with E-state index in [2.05, 4.69) is 20.9 Å². The number of ether oxygens (including phenoxy) is 2. The zero-order chi connectivity index (χ0) is 14.9. The highest BCUT2D eigenvalue weighted by Gasteiger charge is 2.41. The van der Waals surface area contributed by atoms with Gasteiger partial charge in [0.2, 0.25) is 5.95 Å². The number of hydrogen-bond acceptors (Lipinski definition) is 6. The van der Waals surface area contributed by atoms with Crippen LogP contribution in [-0.2, 0) is 9.47 Å². The lowest BCUT2D eigenvalue weighted by Gasteiger charge is -2.39. The average Bonchev–Trinajstić information content (AvgIpc) is 2.95. The van der Waals surface area contributed by atoms with Crippen LogP contribution in [0, 0.1) is 18.3 Å². The third-order valence-corrected chi connectivity index (χ3v) is 4.35. The summed E-state index contributed by atoms with van der Waals surface area (Å²) in [5.41, 5.74) is 1.23. The third kappa shape index (κ3) is 2.85. The Morgan fingerprint density at radius 3 is 2.57 bits per heavy atom. The van der Waals surface area contributed by atoms with E-state index in [1.807, 2.05) is 14.0 Å². The fourth-order valence-corrected chi connectivity index (χ4v) is 3.15. The van der Waals surface area contributed by atoms with E-state index >= 15 is 0 Å². The molecule has 2 fully saturated rings. The molecule has 0 atom stereocenters. The fourth-order valence-electron chi connectivity index (χ4n) is 3.15. The van der Waals surface area contributed by atoms with Crippen LogP contribution in [0.15, 0.2) is 6.07 Å². The second-order valence-corrected chi connectivity index (χ2v) is 5.76. The summed E-state index contributed by atoms with van der Waals surface area (Å²) in [6.07, 6.45) is 3.77. The van der Waals surface area contributed by atoms with Gasteiger partial charge in [0.15, 0.2) is 5.79 Å². The monoisotopic (exact) mass is 288 g/mol. The maximum Gasteiger partial charge on any atom is 0.226 e. The van der Waals surface area contributed by atoms with Gasteiger partial charge in [0.05, 0.1) is 13.2 Å². The number of rotatable bonds is 2. The standard InChI is InChI=1S/C15H20N4O2/c1-11-9-12(10-16)18-14(17-11)19(2)13-3-5-15(6-4-13)20-7-8-21-15/h9,13H,3-8H2,1-2H3. The quantitative estimate of drug-likeness (QED) is 0.826. The summed E-state index contributed by atoms with van der Waals surface area (Å²) in [5, 5.41) is 9.03. The van der Waals surface area contributed by atoms with E-state index in [1.54, 1.807) is 6.07 Å². The van der Waals surface area contributed by atoms with Gasteiger partial charge in [-0.25, -0.2) is 9.97 Å². The van der Waals surface area contributed by atoms with E-state index < -0.39 is 0 Å². The molecule has 6 heteroatoms. The Morgan fingerprint density at radius 1 is 1.29 bits per heavy atom. The third-order valence-electron chi connectivity index (χ3n) is 4.35. The van der Waals surface area contributed by atoms with Crippen molar-refractivity contribution in [3.63, 3.8) is 0 Å². The summed E-state index contributed by atoms with van der Waals surface area (Å²) in [5.74, 6) is 0.281. The Morgan fingerprint density at radius 2 is 1.95 bits per heavy atom. The van der Waals surface area contributed by atoms with Crippen LogP contribution in [0.25, 0.3) is 0 Å². The number of nitrogens with zero attached hydrogens (tertiary/aromatic N) is 4. The van der Waals surface area contributed by atoms with Crippen molar-refractivity contribution in [1.82, 2.24) is 9.97 Å². The van der Waals surface area contributed by atoms with Crippen molar-refractivity contribution >= 4 is 5.95 Å². The maximum absolute atomic E-state index is 9.03. The molecule has 1 aromatic rings. The van der Waals surface area contributed by atoms with Crippen LogP contribution in [0.4, 0.5) is 5.95 Å². The lowest BCUT2D eigenvalue weighted by Crippen LogP contribution is -2.43. The zero-order valence-electron chi connectivity index (χ0n) is 12.5. The van der Waals surface area contributed by atoms with E-state index in [9.17, 15) is 0 Å². The molecule has 1 saturated heterocycles. The number of anilines is 1. The predicted molar refractivity (Wildman–Crippen MR) is 76.8 cm³/mol. The first kappa shape index (κ1) is 14.2. The first-order valence-corrected chi connectivity index (χ1v) is 7.38. The highest BCUT2D eigenvalue weighted by Crippen LogP contribution is 2.37. The molecule has 0 radical (unpaired) electrons. The van der Waals surface area contributed by atoms with E-state index in [-0.39, 0.29) is 5.79 Å². The molecule has 0 bridgehead atoms. The molecule has 1 saturated carbocycles. The van der Waals surface area contributed by atoms with Gasteiger partial charge >= 0.3 is 0 Å². The minimum Gasteiger partial charge on any atom is -0.348 e. The van der Waals surface area contributed by atoms with Gasteiger partial charge in [-0.15, -0.1) is 0 Å². The molecule has 0 amide bonds. The van der Waals surface area contributed by atoms with Crippen molar-refractivity contribution < 1.29 is 9.47 Å². The lowest BCUT2D eigenvalue weighted by molar-refractivity contribution is -0.178. The van der Waals surface area contributed by atoms with Crippen molar-refractivity contribution in [2.75, 3.05) is 25.2 Å². The number of nitriles is 1. The van der Waals surface area contributed by atoms with Crippen molar-refractivity contribution in [1.29, 1.82) is 5.26 Å². The van der Waals surface area contributed by atoms with Crippen LogP contribution in [-0.4, -0.2) is 42.1 Å². The molecule has 21 heavy (non-hydrogen) atoms. The van der Waals surface area contributed by atoms with Gasteiger partial charge in [-0.1, -0.05) is 0 Å². The summed E-state index contributed by atoms with van der Waals surface area (Å²) in [6.45, 7) is 3.29.